The Morgan fingerprint density at radius 3 is 2.82 bits per heavy atom. The number of ether oxygens (including phenoxy) is 2. The van der Waals surface area contributed by atoms with Crippen LogP contribution in [0.5, 0.6) is 11.5 Å². The van der Waals surface area contributed by atoms with Gasteiger partial charge in [0, 0.05) is 6.07 Å². The van der Waals surface area contributed by atoms with E-state index in [1.807, 2.05) is 0 Å². The van der Waals surface area contributed by atoms with Crippen molar-refractivity contribution in [2.24, 2.45) is 0 Å². The molecule has 0 atom stereocenters. The standard InChI is InChI=1S/C12H13NO4/c1-15-11-3-2-9(7-14)6-12(11)16-8-10-4-5-13-17-10/h2-6,14H,7-8H2,1H3. The lowest BCUT2D eigenvalue weighted by atomic mass is 10.2. The second-order valence-corrected chi connectivity index (χ2v) is 3.41. The zero-order valence-electron chi connectivity index (χ0n) is 9.42. The number of nitrogens with zero attached hydrogens (tertiary/aromatic N) is 1. The molecule has 1 aromatic heterocycles. The van der Waals surface area contributed by atoms with Crippen LogP contribution in [0.3, 0.4) is 0 Å². The zero-order valence-corrected chi connectivity index (χ0v) is 9.42. The van der Waals surface area contributed by atoms with Crippen LogP contribution in [0.15, 0.2) is 35.0 Å². The van der Waals surface area contributed by atoms with Crippen LogP contribution in [0.2, 0.25) is 0 Å². The molecule has 0 aliphatic carbocycles. The molecule has 0 saturated heterocycles. The first kappa shape index (κ1) is 11.5. The van der Waals surface area contributed by atoms with E-state index in [9.17, 15) is 0 Å². The first-order valence-corrected chi connectivity index (χ1v) is 5.13. The Labute approximate surface area is 98.6 Å². The van der Waals surface area contributed by atoms with Gasteiger partial charge in [-0.1, -0.05) is 11.2 Å². The third kappa shape index (κ3) is 2.76. The van der Waals surface area contributed by atoms with Crippen LogP contribution in [0, 0.1) is 0 Å². The zero-order chi connectivity index (χ0) is 12.1. The predicted octanol–water partition coefficient (Wildman–Crippen LogP) is 1.75. The van der Waals surface area contributed by atoms with Crippen LogP contribution in [0.25, 0.3) is 0 Å². The Morgan fingerprint density at radius 2 is 2.18 bits per heavy atom. The number of aliphatic hydroxyl groups is 1. The minimum absolute atomic E-state index is 0.0390. The highest BCUT2D eigenvalue weighted by Crippen LogP contribution is 2.28. The predicted molar refractivity (Wildman–Crippen MR) is 59.8 cm³/mol. The summed E-state index contributed by atoms with van der Waals surface area (Å²) in [6.45, 7) is 0.230. The number of hydrogen-bond acceptors (Lipinski definition) is 5. The minimum Gasteiger partial charge on any atom is -0.493 e. The van der Waals surface area contributed by atoms with Crippen LogP contribution in [-0.4, -0.2) is 17.4 Å². The van der Waals surface area contributed by atoms with E-state index in [2.05, 4.69) is 5.16 Å². The average Bonchev–Trinajstić information content (AvgIpc) is 2.89. The first-order valence-electron chi connectivity index (χ1n) is 5.13. The summed E-state index contributed by atoms with van der Waals surface area (Å²) in [6, 6.07) is 6.99. The van der Waals surface area contributed by atoms with Gasteiger partial charge in [-0.05, 0) is 17.7 Å². The molecule has 0 fully saturated rings. The van der Waals surface area contributed by atoms with Crippen molar-refractivity contribution in [1.82, 2.24) is 5.16 Å². The molecule has 2 rings (SSSR count). The lowest BCUT2D eigenvalue weighted by molar-refractivity contribution is 0.237. The second-order valence-electron chi connectivity index (χ2n) is 3.41. The summed E-state index contributed by atoms with van der Waals surface area (Å²) in [5.41, 5.74) is 0.762. The number of aromatic nitrogens is 1. The van der Waals surface area contributed by atoms with Crippen molar-refractivity contribution in [2.75, 3.05) is 7.11 Å². The highest BCUT2D eigenvalue weighted by molar-refractivity contribution is 5.42. The molecule has 5 nitrogen and oxygen atoms in total. The van der Waals surface area contributed by atoms with Crippen LogP contribution >= 0.6 is 0 Å². The molecule has 0 aliphatic heterocycles. The van der Waals surface area contributed by atoms with Gasteiger partial charge in [0.05, 0.1) is 19.9 Å². The van der Waals surface area contributed by atoms with Gasteiger partial charge in [-0.3, -0.25) is 0 Å². The molecule has 90 valence electrons. The smallest absolute Gasteiger partial charge is 0.174 e. The maximum Gasteiger partial charge on any atom is 0.174 e. The first-order chi connectivity index (χ1) is 8.33. The second kappa shape index (κ2) is 5.36. The van der Waals surface area contributed by atoms with Gasteiger partial charge < -0.3 is 19.1 Å². The molecular formula is C12H13NO4. The van der Waals surface area contributed by atoms with Gasteiger partial charge in [0.15, 0.2) is 17.3 Å². The van der Waals surface area contributed by atoms with Crippen molar-refractivity contribution < 1.29 is 19.1 Å². The van der Waals surface area contributed by atoms with Gasteiger partial charge in [0.1, 0.15) is 6.61 Å². The molecule has 5 heteroatoms. The topological polar surface area (TPSA) is 64.7 Å². The number of benzene rings is 1. The number of hydrogen-bond donors (Lipinski definition) is 1. The van der Waals surface area contributed by atoms with Crippen LogP contribution < -0.4 is 9.47 Å². The van der Waals surface area contributed by atoms with Gasteiger partial charge >= 0.3 is 0 Å². The largest absolute Gasteiger partial charge is 0.493 e. The summed E-state index contributed by atoms with van der Waals surface area (Å²) in [4.78, 5) is 0. The molecule has 1 heterocycles. The van der Waals surface area contributed by atoms with E-state index in [1.54, 1.807) is 37.6 Å². The minimum atomic E-state index is -0.0390. The molecule has 0 bridgehead atoms. The van der Waals surface area contributed by atoms with Crippen LogP contribution in [0.4, 0.5) is 0 Å². The van der Waals surface area contributed by atoms with Crippen LogP contribution in [-0.2, 0) is 13.2 Å². The fourth-order valence-electron chi connectivity index (χ4n) is 1.40. The third-order valence-electron chi connectivity index (χ3n) is 2.27. The molecule has 0 amide bonds. The quantitative estimate of drug-likeness (QED) is 0.855. The Balaban J connectivity index is 2.12. The van der Waals surface area contributed by atoms with E-state index in [0.717, 1.165) is 5.56 Å². The van der Waals surface area contributed by atoms with Crippen molar-refractivity contribution in [3.8, 4) is 11.5 Å². The van der Waals surface area contributed by atoms with E-state index in [0.29, 0.717) is 17.3 Å². The Hall–Kier alpha value is -2.01. The molecule has 0 unspecified atom stereocenters. The highest BCUT2D eigenvalue weighted by atomic mass is 16.5. The fraction of sp³-hybridized carbons (Fsp3) is 0.250. The van der Waals surface area contributed by atoms with Gasteiger partial charge in [-0.15, -0.1) is 0 Å². The maximum absolute atomic E-state index is 9.05. The summed E-state index contributed by atoms with van der Waals surface area (Å²) >= 11 is 0. The molecule has 2 aromatic rings. The molecular weight excluding hydrogens is 222 g/mol. The summed E-state index contributed by atoms with van der Waals surface area (Å²) in [5, 5.41) is 12.6. The molecule has 0 aliphatic rings. The third-order valence-corrected chi connectivity index (χ3v) is 2.27. The van der Waals surface area contributed by atoms with Crippen molar-refractivity contribution in [3.63, 3.8) is 0 Å². The van der Waals surface area contributed by atoms with Gasteiger partial charge in [-0.2, -0.15) is 0 Å². The normalized spacial score (nSPS) is 10.2. The highest BCUT2D eigenvalue weighted by Gasteiger charge is 2.07. The molecule has 1 aromatic carbocycles. The summed E-state index contributed by atoms with van der Waals surface area (Å²) in [6.07, 6.45) is 1.56. The lowest BCUT2D eigenvalue weighted by Gasteiger charge is -2.10. The van der Waals surface area contributed by atoms with Gasteiger partial charge in [-0.25, -0.2) is 0 Å². The van der Waals surface area contributed by atoms with E-state index in [1.165, 1.54) is 0 Å². The Morgan fingerprint density at radius 1 is 1.29 bits per heavy atom. The monoisotopic (exact) mass is 235 g/mol. The van der Waals surface area contributed by atoms with Crippen molar-refractivity contribution in [3.05, 3.63) is 41.8 Å². The van der Waals surface area contributed by atoms with Gasteiger partial charge in [0.25, 0.3) is 0 Å². The average molecular weight is 235 g/mol. The molecule has 17 heavy (non-hydrogen) atoms. The Kier molecular flexibility index (Phi) is 3.62. The maximum atomic E-state index is 9.05. The molecule has 0 radical (unpaired) electrons. The van der Waals surface area contributed by atoms with E-state index in [4.69, 9.17) is 19.1 Å². The summed E-state index contributed by atoms with van der Waals surface area (Å²) in [5.74, 6) is 1.80. The number of aliphatic hydroxyl groups excluding tert-OH is 1. The van der Waals surface area contributed by atoms with E-state index >= 15 is 0 Å². The Bertz CT molecular complexity index is 467. The lowest BCUT2D eigenvalue weighted by Crippen LogP contribution is -1.97. The van der Waals surface area contributed by atoms with Crippen LogP contribution in [0.1, 0.15) is 11.3 Å². The van der Waals surface area contributed by atoms with Crippen molar-refractivity contribution in [1.29, 1.82) is 0 Å². The van der Waals surface area contributed by atoms with E-state index < -0.39 is 0 Å². The summed E-state index contributed by atoms with van der Waals surface area (Å²) in [7, 11) is 1.56. The van der Waals surface area contributed by atoms with Gasteiger partial charge in [0.2, 0.25) is 0 Å². The molecule has 0 saturated carbocycles. The molecule has 1 N–H and O–H groups in total. The number of rotatable bonds is 5. The van der Waals surface area contributed by atoms with E-state index in [-0.39, 0.29) is 13.2 Å². The SMILES string of the molecule is COc1ccc(CO)cc1OCc1ccno1. The summed E-state index contributed by atoms with van der Waals surface area (Å²) < 4.78 is 15.6. The fourth-order valence-corrected chi connectivity index (χ4v) is 1.40. The number of methoxy groups -OCH3 is 1. The molecule has 0 spiro atoms. The van der Waals surface area contributed by atoms with Crippen molar-refractivity contribution >= 4 is 0 Å². The van der Waals surface area contributed by atoms with Crippen molar-refractivity contribution in [2.45, 2.75) is 13.2 Å².